The van der Waals surface area contributed by atoms with Crippen molar-refractivity contribution in [3.05, 3.63) is 139 Å². The van der Waals surface area contributed by atoms with Gasteiger partial charge in [0.25, 0.3) is 5.91 Å². The molecule has 0 unspecified atom stereocenters. The average Bonchev–Trinajstić information content (AvgIpc) is 3.71. The zero-order chi connectivity index (χ0) is 59.5. The molecule has 0 aliphatic carbocycles. The van der Waals surface area contributed by atoms with E-state index in [0.717, 1.165) is 82.1 Å². The molecular formula is C59H73Cl4N9O12. The first kappa shape index (κ1) is 65.0. The van der Waals surface area contributed by atoms with Gasteiger partial charge in [-0.15, -0.1) is 10.2 Å². The fraction of sp³-hybridized carbons (Fsp3) is 0.492. The van der Waals surface area contributed by atoms with Crippen LogP contribution >= 0.6 is 46.4 Å². The molecule has 4 aromatic carbocycles. The highest BCUT2D eigenvalue weighted by molar-refractivity contribution is 6.35. The molecule has 0 spiro atoms. The van der Waals surface area contributed by atoms with Crippen molar-refractivity contribution in [3.63, 3.8) is 0 Å². The SMILES string of the molecule is CN1Cc2c(Cl)cc(Cl)cc2[C@H](c2cccc(-c3cn(CCOCCOCCOCCCC(=O)[C@H](O)[C@@H](O)[C@@H](O)[C@H](O)C(=O)NCCOCCOCCOCCn4cc(-c5cccc([C@@H]6CN(C)Cc7c(Cl)cc(Cl)cc76)c5)nn4)nn3)c2)C1. The Hall–Kier alpha value is -5.02. The number of halogens is 4. The number of amides is 1. The maximum atomic E-state index is 12.5. The van der Waals surface area contributed by atoms with Crippen LogP contribution in [0.5, 0.6) is 0 Å². The van der Waals surface area contributed by atoms with Gasteiger partial charge in [0, 0.05) is 88.8 Å². The number of aliphatic hydroxyl groups is 4. The van der Waals surface area contributed by atoms with Crippen LogP contribution in [-0.4, -0.2) is 209 Å². The molecule has 454 valence electrons. The number of nitrogens with one attached hydrogen (secondary N) is 1. The predicted molar refractivity (Wildman–Crippen MR) is 316 cm³/mol. The van der Waals surface area contributed by atoms with Crippen molar-refractivity contribution >= 4 is 58.1 Å². The molecule has 5 N–H and O–H groups in total. The van der Waals surface area contributed by atoms with E-state index in [2.05, 4.69) is 74.1 Å². The van der Waals surface area contributed by atoms with Crippen LogP contribution in [0.25, 0.3) is 22.5 Å². The van der Waals surface area contributed by atoms with Gasteiger partial charge in [0.2, 0.25) is 0 Å². The Balaban J connectivity index is 0.596. The van der Waals surface area contributed by atoms with E-state index in [1.54, 1.807) is 21.5 Å². The van der Waals surface area contributed by atoms with Gasteiger partial charge < -0.3 is 64.0 Å². The number of carbonyl (C=O) groups excluding carboxylic acids is 2. The second kappa shape index (κ2) is 32.6. The van der Waals surface area contributed by atoms with Crippen LogP contribution in [-0.2, 0) is 64.2 Å². The molecule has 84 heavy (non-hydrogen) atoms. The largest absolute Gasteiger partial charge is 0.387 e. The van der Waals surface area contributed by atoms with Crippen molar-refractivity contribution in [1.29, 1.82) is 0 Å². The summed E-state index contributed by atoms with van der Waals surface area (Å²) >= 11 is 26.0. The maximum absolute atomic E-state index is 12.5. The molecule has 0 fully saturated rings. The molecule has 0 bridgehead atoms. The van der Waals surface area contributed by atoms with Crippen molar-refractivity contribution < 1.29 is 58.4 Å². The molecule has 0 saturated carbocycles. The van der Waals surface area contributed by atoms with E-state index in [-0.39, 0.29) is 70.9 Å². The number of carbonyl (C=O) groups is 2. The lowest BCUT2D eigenvalue weighted by Gasteiger charge is -2.33. The number of rotatable bonds is 34. The second-order valence-electron chi connectivity index (χ2n) is 20.8. The van der Waals surface area contributed by atoms with E-state index in [9.17, 15) is 30.0 Å². The number of fused-ring (bicyclic) bond motifs is 2. The van der Waals surface area contributed by atoms with Crippen LogP contribution in [0.1, 0.15) is 58.1 Å². The summed E-state index contributed by atoms with van der Waals surface area (Å²) in [6, 6.07) is 24.2. The Labute approximate surface area is 508 Å². The van der Waals surface area contributed by atoms with Crippen molar-refractivity contribution in [2.45, 2.75) is 75.3 Å². The Morgan fingerprint density at radius 3 is 1.48 bits per heavy atom. The lowest BCUT2D eigenvalue weighted by Crippen LogP contribution is -2.52. The van der Waals surface area contributed by atoms with E-state index in [1.807, 2.05) is 48.8 Å². The fourth-order valence-electron chi connectivity index (χ4n) is 10.1. The summed E-state index contributed by atoms with van der Waals surface area (Å²) < 4.78 is 37.0. The standard InChI is InChI=1S/C59H73Cl4N9O12/c1-69-32-46(44-28-42(60)30-50(62)48(44)34-69)38-6-3-8-40(26-38)52-36-71(67-65-52)12-16-81-20-24-83-22-18-79-14-5-10-54(73)55(74)56(75)57(76)58(77)59(78)64-11-15-80-19-23-84-25-21-82-17-13-72-37-53(66-68-72)41-9-4-7-39(27-41)47-33-70(2)35-49-45(47)29-43(61)31-51(49)63/h3-4,6-9,26-31,36-37,46-47,55-58,74-77H,5,10-25,32-35H2,1-2H3,(H,64,78)/t46-,47-,55-,56+,57+,58-/m0/s1. The highest BCUT2D eigenvalue weighted by Gasteiger charge is 2.37. The Morgan fingerprint density at radius 1 is 0.571 bits per heavy atom. The smallest absolute Gasteiger partial charge is 0.251 e. The number of aliphatic hydroxyl groups excluding tert-OH is 4. The van der Waals surface area contributed by atoms with E-state index in [1.165, 1.54) is 0 Å². The minimum Gasteiger partial charge on any atom is -0.387 e. The van der Waals surface area contributed by atoms with Crippen LogP contribution in [0.3, 0.4) is 0 Å². The number of benzene rings is 4. The van der Waals surface area contributed by atoms with Crippen LogP contribution in [0.4, 0.5) is 0 Å². The van der Waals surface area contributed by atoms with Gasteiger partial charge in [-0.25, -0.2) is 9.36 Å². The maximum Gasteiger partial charge on any atom is 0.251 e. The zero-order valence-electron chi connectivity index (χ0n) is 47.0. The second-order valence-corrected chi connectivity index (χ2v) is 22.5. The summed E-state index contributed by atoms with van der Waals surface area (Å²) in [6.45, 7) is 7.58. The molecule has 1 amide bonds. The normalized spacial score (nSPS) is 16.9. The van der Waals surface area contributed by atoms with Gasteiger partial charge in [0.05, 0.1) is 98.2 Å². The molecule has 6 aromatic rings. The topological polar surface area (TPSA) is 250 Å². The number of ketones is 1. The van der Waals surface area contributed by atoms with Gasteiger partial charge in [-0.2, -0.15) is 0 Å². The molecule has 25 heteroatoms. The predicted octanol–water partition coefficient (Wildman–Crippen LogP) is 5.68. The Morgan fingerprint density at radius 2 is 1.00 bits per heavy atom. The molecule has 21 nitrogen and oxygen atoms in total. The monoisotopic (exact) mass is 1240 g/mol. The van der Waals surface area contributed by atoms with Crippen molar-refractivity contribution in [1.82, 2.24) is 45.1 Å². The number of nitrogens with zero attached hydrogens (tertiary/aromatic N) is 8. The third-order valence-electron chi connectivity index (χ3n) is 14.5. The van der Waals surface area contributed by atoms with Crippen molar-refractivity contribution in [2.24, 2.45) is 0 Å². The summed E-state index contributed by atoms with van der Waals surface area (Å²) in [4.78, 5) is 29.5. The molecule has 2 aliphatic heterocycles. The Kier molecular flexibility index (Phi) is 25.2. The molecule has 8 rings (SSSR count). The van der Waals surface area contributed by atoms with Gasteiger partial charge in [0.15, 0.2) is 11.9 Å². The van der Waals surface area contributed by atoms with Gasteiger partial charge >= 0.3 is 0 Å². The Bertz CT molecular complexity index is 2880. The third-order valence-corrected chi connectivity index (χ3v) is 15.6. The van der Waals surface area contributed by atoms with Gasteiger partial charge in [-0.3, -0.25) is 9.59 Å². The minimum atomic E-state index is -2.13. The number of ether oxygens (including phenoxy) is 6. The lowest BCUT2D eigenvalue weighted by molar-refractivity contribution is -0.154. The minimum absolute atomic E-state index is 0.0253. The first-order valence-electron chi connectivity index (χ1n) is 28.0. The average molecular weight is 1240 g/mol. The van der Waals surface area contributed by atoms with Crippen LogP contribution in [0.15, 0.2) is 85.2 Å². The van der Waals surface area contributed by atoms with E-state index < -0.39 is 36.1 Å². The summed E-state index contributed by atoms with van der Waals surface area (Å²) in [5, 5.41) is 63.7. The van der Waals surface area contributed by atoms with Crippen LogP contribution in [0.2, 0.25) is 20.1 Å². The number of likely N-dealkylation sites (N-methyl/N-ethyl adjacent to an activating group) is 2. The molecule has 4 heterocycles. The number of hydrogen-bond acceptors (Lipinski definition) is 18. The summed E-state index contributed by atoms with van der Waals surface area (Å²) in [5.41, 5.74) is 10.2. The summed E-state index contributed by atoms with van der Waals surface area (Å²) in [5.74, 6) is -1.60. The number of hydrogen-bond donors (Lipinski definition) is 5. The van der Waals surface area contributed by atoms with Crippen molar-refractivity contribution in [3.8, 4) is 22.5 Å². The molecule has 0 saturated heterocycles. The molecule has 0 radical (unpaired) electrons. The zero-order valence-corrected chi connectivity index (χ0v) is 50.1. The van der Waals surface area contributed by atoms with Gasteiger partial charge in [0.1, 0.15) is 29.7 Å². The van der Waals surface area contributed by atoms with Gasteiger partial charge in [-0.05, 0) is 90.3 Å². The fourth-order valence-corrected chi connectivity index (χ4v) is 11.3. The van der Waals surface area contributed by atoms with E-state index in [4.69, 9.17) is 74.8 Å². The molecular weight excluding hydrogens is 1170 g/mol. The lowest BCUT2D eigenvalue weighted by atomic mass is 9.84. The first-order chi connectivity index (χ1) is 40.6. The van der Waals surface area contributed by atoms with Crippen LogP contribution < -0.4 is 5.32 Å². The number of Topliss-reactive ketones (excluding diaryl/α,β-unsaturated/α-hetero) is 1. The van der Waals surface area contributed by atoms with Crippen molar-refractivity contribution in [2.75, 3.05) is 113 Å². The first-order valence-corrected chi connectivity index (χ1v) is 29.5. The van der Waals surface area contributed by atoms with E-state index >= 15 is 0 Å². The highest BCUT2D eigenvalue weighted by atomic mass is 35.5. The highest BCUT2D eigenvalue weighted by Crippen LogP contribution is 2.41. The van der Waals surface area contributed by atoms with Crippen LogP contribution in [0, 0.1) is 0 Å². The van der Waals surface area contributed by atoms with E-state index in [0.29, 0.717) is 72.8 Å². The van der Waals surface area contributed by atoms with Gasteiger partial charge in [-0.1, -0.05) is 93.2 Å². The quantitative estimate of drug-likeness (QED) is 0.0305. The third kappa shape index (κ3) is 18.5. The number of aromatic nitrogens is 6. The molecule has 2 aromatic heterocycles. The summed E-state index contributed by atoms with van der Waals surface area (Å²) in [6.07, 6.45) is -4.59. The molecule has 2 aliphatic rings. The summed E-state index contributed by atoms with van der Waals surface area (Å²) in [7, 11) is 4.17. The molecule has 6 atom stereocenters.